The van der Waals surface area contributed by atoms with E-state index in [1.54, 1.807) is 6.08 Å². The van der Waals surface area contributed by atoms with Gasteiger partial charge in [-0.1, -0.05) is 25.9 Å². The third kappa shape index (κ3) is 2.16. The average molecular weight is 194 g/mol. The highest BCUT2D eigenvalue weighted by Crippen LogP contribution is 2.28. The Morgan fingerprint density at radius 2 is 2.29 bits per heavy atom. The van der Waals surface area contributed by atoms with Crippen molar-refractivity contribution in [2.24, 2.45) is 22.7 Å². The molecule has 1 heterocycles. The Morgan fingerprint density at radius 1 is 1.57 bits per heavy atom. The fourth-order valence-electron chi connectivity index (χ4n) is 1.59. The van der Waals surface area contributed by atoms with E-state index in [2.05, 4.69) is 25.9 Å². The predicted molar refractivity (Wildman–Crippen MR) is 58.5 cm³/mol. The summed E-state index contributed by atoms with van der Waals surface area (Å²) in [6.45, 7) is 6.40. The minimum absolute atomic E-state index is 0.325. The molecule has 0 aromatic carbocycles. The third-order valence-electron chi connectivity index (χ3n) is 2.33. The molecule has 3 nitrogen and oxygen atoms in total. The van der Waals surface area contributed by atoms with Crippen molar-refractivity contribution in [1.82, 2.24) is 0 Å². The smallest absolute Gasteiger partial charge is 0.143 e. The fourth-order valence-corrected chi connectivity index (χ4v) is 1.59. The van der Waals surface area contributed by atoms with Crippen LogP contribution in [0.15, 0.2) is 29.3 Å². The molecule has 0 aromatic rings. The van der Waals surface area contributed by atoms with Gasteiger partial charge in [0.05, 0.1) is 11.6 Å². The van der Waals surface area contributed by atoms with Gasteiger partial charge in [0.15, 0.2) is 0 Å². The first kappa shape index (κ1) is 10.8. The van der Waals surface area contributed by atoms with Crippen LogP contribution in [0.2, 0.25) is 0 Å². The van der Waals surface area contributed by atoms with E-state index in [4.69, 9.17) is 10.6 Å². The van der Waals surface area contributed by atoms with E-state index in [0.29, 0.717) is 11.8 Å². The van der Waals surface area contributed by atoms with E-state index in [0.717, 1.165) is 17.9 Å². The number of hydrogen-bond acceptors (Lipinski definition) is 3. The fraction of sp³-hybridized carbons (Fsp3) is 0.545. The molecule has 0 fully saturated rings. The van der Waals surface area contributed by atoms with Gasteiger partial charge in [0, 0.05) is 0 Å². The topological polar surface area (TPSA) is 47.6 Å². The first-order valence-electron chi connectivity index (χ1n) is 5.04. The zero-order chi connectivity index (χ0) is 10.6. The molecule has 1 atom stereocenters. The highest BCUT2D eigenvalue weighted by atomic mass is 16.6. The maximum absolute atomic E-state index is 5.27. The second-order valence-electron chi connectivity index (χ2n) is 3.68. The molecule has 1 aliphatic rings. The van der Waals surface area contributed by atoms with Crippen LogP contribution in [-0.2, 0) is 4.84 Å². The summed E-state index contributed by atoms with van der Waals surface area (Å²) in [6.07, 6.45) is 6.17. The van der Waals surface area contributed by atoms with Crippen LogP contribution in [-0.4, -0.2) is 5.71 Å². The highest BCUT2D eigenvalue weighted by Gasteiger charge is 2.28. The molecule has 0 bridgehead atoms. The van der Waals surface area contributed by atoms with Crippen LogP contribution in [0.5, 0.6) is 0 Å². The molecular weight excluding hydrogens is 176 g/mol. The first-order valence-corrected chi connectivity index (χ1v) is 5.04. The lowest BCUT2D eigenvalue weighted by Crippen LogP contribution is -2.16. The Balaban J connectivity index is 2.79. The summed E-state index contributed by atoms with van der Waals surface area (Å²) in [6, 6.07) is 0. The number of oxime groups is 1. The van der Waals surface area contributed by atoms with Gasteiger partial charge in [0.1, 0.15) is 5.76 Å². The minimum atomic E-state index is 0.325. The number of hydrogen-bond donors (Lipinski definition) is 1. The second-order valence-corrected chi connectivity index (χ2v) is 3.68. The summed E-state index contributed by atoms with van der Waals surface area (Å²) in [5.41, 5.74) is 6.40. The lowest BCUT2D eigenvalue weighted by atomic mass is 9.91. The molecule has 0 aromatic heterocycles. The number of rotatable bonds is 3. The maximum atomic E-state index is 5.27. The van der Waals surface area contributed by atoms with Crippen molar-refractivity contribution in [3.8, 4) is 0 Å². The van der Waals surface area contributed by atoms with Crippen molar-refractivity contribution < 1.29 is 4.84 Å². The summed E-state index contributed by atoms with van der Waals surface area (Å²) in [5, 5.41) is 4.10. The predicted octanol–water partition coefficient (Wildman–Crippen LogP) is 2.41. The summed E-state index contributed by atoms with van der Waals surface area (Å²) < 4.78 is 0. The van der Waals surface area contributed by atoms with Gasteiger partial charge in [-0.15, -0.1) is 0 Å². The Labute approximate surface area is 85.3 Å². The van der Waals surface area contributed by atoms with Gasteiger partial charge in [-0.3, -0.25) is 0 Å². The normalized spacial score (nSPS) is 24.7. The number of allylic oxidation sites excluding steroid dienone is 3. The van der Waals surface area contributed by atoms with Crippen molar-refractivity contribution in [3.05, 3.63) is 24.1 Å². The Hall–Kier alpha value is -1.25. The monoisotopic (exact) mass is 194 g/mol. The molecule has 0 radical (unpaired) electrons. The van der Waals surface area contributed by atoms with E-state index in [1.165, 1.54) is 6.20 Å². The third-order valence-corrected chi connectivity index (χ3v) is 2.33. The zero-order valence-corrected chi connectivity index (χ0v) is 9.03. The number of nitrogens with zero attached hydrogens (tertiary/aromatic N) is 1. The first-order chi connectivity index (χ1) is 6.70. The average Bonchev–Trinajstić information content (AvgIpc) is 2.57. The van der Waals surface area contributed by atoms with Crippen LogP contribution in [0.25, 0.3) is 0 Å². The minimum Gasteiger partial charge on any atom is -0.405 e. The second kappa shape index (κ2) is 4.84. The Bertz CT molecular complexity index is 277. The van der Waals surface area contributed by atoms with Crippen molar-refractivity contribution in [3.63, 3.8) is 0 Å². The van der Waals surface area contributed by atoms with E-state index in [9.17, 15) is 0 Å². The molecule has 1 rings (SSSR count). The van der Waals surface area contributed by atoms with Gasteiger partial charge in [0.25, 0.3) is 0 Å². The quantitative estimate of drug-likeness (QED) is 0.750. The van der Waals surface area contributed by atoms with Crippen molar-refractivity contribution in [1.29, 1.82) is 0 Å². The zero-order valence-electron chi connectivity index (χ0n) is 9.03. The molecule has 0 spiro atoms. The maximum Gasteiger partial charge on any atom is 0.143 e. The molecular formula is C11H18N2O. The molecule has 0 aliphatic carbocycles. The van der Waals surface area contributed by atoms with Gasteiger partial charge in [-0.05, 0) is 30.7 Å². The van der Waals surface area contributed by atoms with E-state index in [-0.39, 0.29) is 0 Å². The van der Waals surface area contributed by atoms with Gasteiger partial charge >= 0.3 is 0 Å². The van der Waals surface area contributed by atoms with Gasteiger partial charge in [0.2, 0.25) is 0 Å². The van der Waals surface area contributed by atoms with Crippen molar-refractivity contribution in [2.45, 2.75) is 27.2 Å². The molecule has 0 saturated heterocycles. The van der Waals surface area contributed by atoms with E-state index < -0.39 is 0 Å². The number of nitrogens with two attached hydrogens (primary N) is 1. The summed E-state index contributed by atoms with van der Waals surface area (Å²) in [4.78, 5) is 5.27. The lowest BCUT2D eigenvalue weighted by Gasteiger charge is -2.11. The van der Waals surface area contributed by atoms with Gasteiger partial charge in [-0.25, -0.2) is 0 Å². The molecule has 0 amide bonds. The SMILES string of the molecule is CCC1C(C(C)C)=NO/C1=C/C=C\N. The standard InChI is InChI=1S/C11H18N2O/c1-4-9-10(6-5-7-12)14-13-11(9)8(2)3/h5-9H,4,12H2,1-3H3/b7-5-,10-6+. The lowest BCUT2D eigenvalue weighted by molar-refractivity contribution is 0.230. The van der Waals surface area contributed by atoms with Crippen LogP contribution < -0.4 is 5.73 Å². The molecule has 2 N–H and O–H groups in total. The Morgan fingerprint density at radius 3 is 2.79 bits per heavy atom. The summed E-state index contributed by atoms with van der Waals surface area (Å²) >= 11 is 0. The van der Waals surface area contributed by atoms with E-state index >= 15 is 0 Å². The van der Waals surface area contributed by atoms with Crippen LogP contribution in [0.3, 0.4) is 0 Å². The van der Waals surface area contributed by atoms with Crippen LogP contribution in [0.1, 0.15) is 27.2 Å². The molecule has 14 heavy (non-hydrogen) atoms. The van der Waals surface area contributed by atoms with Gasteiger partial charge in [-0.2, -0.15) is 0 Å². The summed E-state index contributed by atoms with van der Waals surface area (Å²) in [7, 11) is 0. The molecule has 1 unspecified atom stereocenters. The van der Waals surface area contributed by atoms with Crippen LogP contribution >= 0.6 is 0 Å². The van der Waals surface area contributed by atoms with Gasteiger partial charge < -0.3 is 10.6 Å². The molecule has 0 saturated carbocycles. The highest BCUT2D eigenvalue weighted by molar-refractivity contribution is 5.91. The Kier molecular flexibility index (Phi) is 3.74. The van der Waals surface area contributed by atoms with Crippen LogP contribution in [0, 0.1) is 11.8 Å². The van der Waals surface area contributed by atoms with E-state index in [1.807, 2.05) is 6.08 Å². The molecule has 78 valence electrons. The van der Waals surface area contributed by atoms with Crippen molar-refractivity contribution in [2.75, 3.05) is 0 Å². The van der Waals surface area contributed by atoms with Crippen molar-refractivity contribution >= 4 is 5.71 Å². The van der Waals surface area contributed by atoms with Crippen LogP contribution in [0.4, 0.5) is 0 Å². The molecule has 3 heteroatoms. The molecule has 1 aliphatic heterocycles. The summed E-state index contributed by atoms with van der Waals surface area (Å²) in [5.74, 6) is 1.66. The largest absolute Gasteiger partial charge is 0.405 e.